The minimum absolute atomic E-state index is 0.0698. The summed E-state index contributed by atoms with van der Waals surface area (Å²) in [6.07, 6.45) is 39.8. The number of esters is 1. The average Bonchev–Trinajstić information content (AvgIpc) is 3.03. The zero-order valence-corrected chi connectivity index (χ0v) is 29.6. The molecule has 0 heterocycles. The van der Waals surface area contributed by atoms with Gasteiger partial charge in [-0.05, 0) is 51.0 Å². The zero-order chi connectivity index (χ0) is 33.1. The molecule has 0 rings (SSSR count). The van der Waals surface area contributed by atoms with Crippen molar-refractivity contribution in [2.75, 3.05) is 6.61 Å². The third kappa shape index (κ3) is 29.8. The topological polar surface area (TPSA) is 95.9 Å². The number of carbonyl (C=O) groups is 1. The van der Waals surface area contributed by atoms with E-state index in [0.717, 1.165) is 38.5 Å². The molecule has 0 aromatic heterocycles. The van der Waals surface area contributed by atoms with Crippen LogP contribution in [0.5, 0.6) is 0 Å². The van der Waals surface area contributed by atoms with Crippen LogP contribution < -0.4 is 0 Å². The van der Waals surface area contributed by atoms with Crippen molar-refractivity contribution in [2.24, 2.45) is 0 Å². The molecule has 6 heteroatoms. The highest BCUT2D eigenvalue weighted by Crippen LogP contribution is 2.20. The molecule has 2 atom stereocenters. The maximum Gasteiger partial charge on any atom is 0.430 e. The van der Waals surface area contributed by atoms with Gasteiger partial charge in [0.1, 0.15) is 0 Å². The van der Waals surface area contributed by atoms with Crippen LogP contribution in [0.3, 0.4) is 0 Å². The van der Waals surface area contributed by atoms with E-state index in [2.05, 4.69) is 26.0 Å². The van der Waals surface area contributed by atoms with E-state index in [-0.39, 0.29) is 6.42 Å². The van der Waals surface area contributed by atoms with E-state index in [1.807, 2.05) is 0 Å². The van der Waals surface area contributed by atoms with Crippen LogP contribution in [0.4, 0.5) is 0 Å². The third-order valence-corrected chi connectivity index (χ3v) is 8.53. The Labute approximate surface area is 278 Å². The number of unbranched alkanes of at least 4 members (excludes halogenated alkanes) is 25. The lowest BCUT2D eigenvalue weighted by atomic mass is 10.0. The van der Waals surface area contributed by atoms with Gasteiger partial charge in [0.15, 0.2) is 6.10 Å². The van der Waals surface area contributed by atoms with Crippen molar-refractivity contribution in [1.82, 2.24) is 0 Å². The van der Waals surface area contributed by atoms with Crippen molar-refractivity contribution >= 4 is 5.97 Å². The summed E-state index contributed by atoms with van der Waals surface area (Å²) in [5, 5.41) is 32.1. The molecule has 0 saturated heterocycles. The van der Waals surface area contributed by atoms with Gasteiger partial charge in [0.2, 0.25) is 0 Å². The summed E-state index contributed by atoms with van der Waals surface area (Å²) >= 11 is 0. The van der Waals surface area contributed by atoms with Gasteiger partial charge in [-0.2, -0.15) is 0 Å². The van der Waals surface area contributed by atoms with Crippen molar-refractivity contribution in [3.05, 3.63) is 24.5 Å². The first kappa shape index (κ1) is 43.6. The van der Waals surface area contributed by atoms with Gasteiger partial charge in [0.05, 0.1) is 12.9 Å². The molecule has 2 N–H and O–H groups in total. The van der Waals surface area contributed by atoms with E-state index < -0.39 is 24.7 Å². The SMILES string of the molecule is CCCCCCCCCCC/C=C/CCCCC(=O)OC([O])(OC=CCCCCCCCCCCCCCCCC)C(O)CO. The minimum atomic E-state index is -2.84. The number of aliphatic hydroxyl groups is 2. The molecular weight excluding hydrogens is 564 g/mol. The quantitative estimate of drug-likeness (QED) is 0.0237. The Kier molecular flexibility index (Phi) is 32.9. The molecule has 45 heavy (non-hydrogen) atoms. The van der Waals surface area contributed by atoms with Crippen LogP contribution in [0.2, 0.25) is 0 Å². The normalized spacial score (nSPS) is 13.9. The van der Waals surface area contributed by atoms with Crippen LogP contribution in [0.25, 0.3) is 0 Å². The van der Waals surface area contributed by atoms with Crippen molar-refractivity contribution in [1.29, 1.82) is 0 Å². The van der Waals surface area contributed by atoms with E-state index in [0.29, 0.717) is 6.42 Å². The average molecular weight is 638 g/mol. The predicted octanol–water partition coefficient (Wildman–Crippen LogP) is 11.4. The van der Waals surface area contributed by atoms with Gasteiger partial charge < -0.3 is 19.7 Å². The van der Waals surface area contributed by atoms with Gasteiger partial charge in [-0.1, -0.05) is 161 Å². The number of allylic oxidation sites excluding steroid dienone is 3. The second-order valence-corrected chi connectivity index (χ2v) is 13.0. The Morgan fingerprint density at radius 2 is 0.933 bits per heavy atom. The van der Waals surface area contributed by atoms with Gasteiger partial charge in [0.25, 0.3) is 0 Å². The molecule has 0 aromatic carbocycles. The molecule has 0 fully saturated rings. The summed E-state index contributed by atoms with van der Waals surface area (Å²) in [5.74, 6) is -3.57. The minimum Gasteiger partial charge on any atom is -0.435 e. The van der Waals surface area contributed by atoms with Crippen LogP contribution in [0.15, 0.2) is 24.5 Å². The fourth-order valence-corrected chi connectivity index (χ4v) is 5.50. The fourth-order valence-electron chi connectivity index (χ4n) is 5.50. The Bertz CT molecular complexity index is 678. The maximum absolute atomic E-state index is 12.8. The van der Waals surface area contributed by atoms with E-state index in [4.69, 9.17) is 9.47 Å². The van der Waals surface area contributed by atoms with Gasteiger partial charge in [-0.15, -0.1) is 5.11 Å². The van der Waals surface area contributed by atoms with Gasteiger partial charge in [0, 0.05) is 6.42 Å². The molecule has 0 aromatic rings. The van der Waals surface area contributed by atoms with Gasteiger partial charge in [-0.3, -0.25) is 4.79 Å². The highest BCUT2D eigenvalue weighted by molar-refractivity contribution is 5.69. The third-order valence-electron chi connectivity index (χ3n) is 8.53. The lowest BCUT2D eigenvalue weighted by molar-refractivity contribution is -0.388. The standard InChI is InChI=1S/C39H73O6/c1-3-5-7-9-11-13-15-17-19-21-23-25-27-29-31-33-35-44-39(43,37(41)36-40)45-38(42)34-32-30-28-26-24-22-20-18-16-14-12-10-8-6-4-2/h24,26,33,35,37,40-41H,3-23,25,27-32,34,36H2,1-2H3/b26-24+,35-33?. The van der Waals surface area contributed by atoms with Crippen LogP contribution in [-0.2, 0) is 19.4 Å². The molecule has 0 aliphatic rings. The molecule has 265 valence electrons. The highest BCUT2D eigenvalue weighted by Gasteiger charge is 2.44. The second-order valence-electron chi connectivity index (χ2n) is 13.0. The van der Waals surface area contributed by atoms with Gasteiger partial charge >= 0.3 is 11.9 Å². The summed E-state index contributed by atoms with van der Waals surface area (Å²) < 4.78 is 10.0. The predicted molar refractivity (Wildman–Crippen MR) is 187 cm³/mol. The molecule has 0 amide bonds. The Morgan fingerprint density at radius 3 is 1.33 bits per heavy atom. The first-order valence-electron chi connectivity index (χ1n) is 19.2. The van der Waals surface area contributed by atoms with E-state index in [1.54, 1.807) is 6.08 Å². The van der Waals surface area contributed by atoms with Crippen LogP contribution in [0.1, 0.15) is 200 Å². The van der Waals surface area contributed by atoms with E-state index in [1.165, 1.54) is 141 Å². The molecule has 0 saturated carbocycles. The van der Waals surface area contributed by atoms with E-state index >= 15 is 0 Å². The molecule has 6 nitrogen and oxygen atoms in total. The van der Waals surface area contributed by atoms with Crippen molar-refractivity contribution in [3.8, 4) is 0 Å². The van der Waals surface area contributed by atoms with Gasteiger partial charge in [-0.25, -0.2) is 0 Å². The summed E-state index contributed by atoms with van der Waals surface area (Å²) in [6.45, 7) is 3.66. The Balaban J connectivity index is 3.87. The summed E-state index contributed by atoms with van der Waals surface area (Å²) in [4.78, 5) is 12.3. The zero-order valence-electron chi connectivity index (χ0n) is 29.6. The largest absolute Gasteiger partial charge is 0.435 e. The number of hydrogen-bond donors (Lipinski definition) is 2. The van der Waals surface area contributed by atoms with E-state index in [9.17, 15) is 20.1 Å². The number of rotatable bonds is 35. The number of carbonyl (C=O) groups excluding carboxylic acids is 1. The first-order chi connectivity index (χ1) is 22.0. The fraction of sp³-hybridized carbons (Fsp3) is 0.872. The number of aliphatic hydroxyl groups excluding tert-OH is 2. The molecule has 0 aliphatic carbocycles. The molecule has 0 spiro atoms. The number of hydrogen-bond acceptors (Lipinski definition) is 5. The van der Waals surface area contributed by atoms with Crippen LogP contribution in [0, 0.1) is 0 Å². The van der Waals surface area contributed by atoms with Crippen molar-refractivity contribution in [2.45, 2.75) is 212 Å². The Morgan fingerprint density at radius 1 is 0.578 bits per heavy atom. The summed E-state index contributed by atoms with van der Waals surface area (Å²) in [6, 6.07) is 0. The van der Waals surface area contributed by atoms with Crippen molar-refractivity contribution < 1.29 is 29.6 Å². The number of ether oxygens (including phenoxy) is 2. The molecule has 2 unspecified atom stereocenters. The summed E-state index contributed by atoms with van der Waals surface area (Å²) in [5.41, 5.74) is 0. The van der Waals surface area contributed by atoms with Crippen LogP contribution in [-0.4, -0.2) is 34.9 Å². The Hall–Kier alpha value is -1.37. The molecule has 0 aliphatic heterocycles. The summed E-state index contributed by atoms with van der Waals surface area (Å²) in [7, 11) is 0. The lowest BCUT2D eigenvalue weighted by Gasteiger charge is -2.27. The lowest BCUT2D eigenvalue weighted by Crippen LogP contribution is -2.48. The molecule has 1 radical (unpaired) electrons. The molecular formula is C39H73O6. The second kappa shape index (κ2) is 34.0. The van der Waals surface area contributed by atoms with Crippen molar-refractivity contribution in [3.63, 3.8) is 0 Å². The van der Waals surface area contributed by atoms with Crippen LogP contribution >= 0.6 is 0 Å². The maximum atomic E-state index is 12.8. The smallest absolute Gasteiger partial charge is 0.430 e. The highest BCUT2D eigenvalue weighted by atomic mass is 16.8. The monoisotopic (exact) mass is 638 g/mol. The first-order valence-corrected chi connectivity index (χ1v) is 19.2. The molecule has 0 bridgehead atoms.